The molecule has 0 bridgehead atoms. The molecule has 2 amide bonds. The Morgan fingerprint density at radius 1 is 1.47 bits per heavy atom. The van der Waals surface area contributed by atoms with Crippen molar-refractivity contribution in [1.29, 1.82) is 0 Å². The fourth-order valence-electron chi connectivity index (χ4n) is 0.665. The van der Waals surface area contributed by atoms with Gasteiger partial charge in [0.2, 0.25) is 0 Å². The van der Waals surface area contributed by atoms with Gasteiger partial charge < -0.3 is 0 Å². The van der Waals surface area contributed by atoms with Crippen LogP contribution < -0.4 is 26.4 Å². The molecule has 0 saturated heterocycles. The number of carbonyl (C=O) groups excluding carboxylic acids is 2. The Bertz CT molecular complexity index is 303. The minimum absolute atomic E-state index is 0.222. The summed E-state index contributed by atoms with van der Waals surface area (Å²) in [6.45, 7) is 0. The van der Waals surface area contributed by atoms with E-state index in [1.54, 1.807) is 0 Å². The third kappa shape index (κ3) is 6.65. The third-order valence-corrected chi connectivity index (χ3v) is 3.49. The van der Waals surface area contributed by atoms with E-state index in [1.165, 1.54) is 7.05 Å². The minimum atomic E-state index is -1.26. The summed E-state index contributed by atoms with van der Waals surface area (Å²) < 4.78 is 2.54. The Balaban J connectivity index is 4.55. The van der Waals surface area contributed by atoms with Gasteiger partial charge >= 0.3 is 107 Å². The fraction of sp³-hybridized carbons (Fsp3) is 0.286. The molecular weight excluding hydrogens is 430 g/mol. The first-order valence-electron chi connectivity index (χ1n) is 3.70. The summed E-state index contributed by atoms with van der Waals surface area (Å²) in [4.78, 5) is 32.7. The molecule has 0 aliphatic heterocycles. The van der Waals surface area contributed by atoms with Crippen molar-refractivity contribution in [2.75, 3.05) is 7.05 Å². The number of likely N-dealkylation sites (N-methyl/N-ethyl adjacent to an activating group) is 1. The zero-order valence-electron chi connectivity index (χ0n) is 7.71. The van der Waals surface area contributed by atoms with E-state index in [4.69, 9.17) is 5.11 Å². The molecular formula is C7H9I2N2O4-. The maximum absolute atomic E-state index is 11.1. The molecule has 0 spiro atoms. The predicted octanol–water partition coefficient (Wildman–Crippen LogP) is -3.40. The van der Waals surface area contributed by atoms with E-state index in [1.807, 2.05) is 18.6 Å². The molecule has 15 heavy (non-hydrogen) atoms. The molecule has 0 heterocycles. The number of carboxylic acids is 1. The normalized spacial score (nSPS) is 10.9. The first-order valence-corrected chi connectivity index (χ1v) is 11.1. The first-order chi connectivity index (χ1) is 7.01. The molecule has 0 aromatic heterocycles. The number of carbonyl (C=O) groups is 3. The van der Waals surface area contributed by atoms with Crippen LogP contribution in [0.1, 0.15) is 6.42 Å². The molecule has 6 nitrogen and oxygen atoms in total. The molecule has 8 heteroatoms. The van der Waals surface area contributed by atoms with Crippen LogP contribution in [-0.2, 0) is 14.4 Å². The second-order valence-electron chi connectivity index (χ2n) is 2.35. The number of carboxylic acid groups (broad SMARTS) is 1. The van der Waals surface area contributed by atoms with Gasteiger partial charge in [-0.3, -0.25) is 0 Å². The standard InChI is InChI=1S/C7H9I2N2O4/c1-10-5(12)2-4(7(14)15)3-6(13)11-9-8/h2H,3H2,1H3,(H,10,12)(H,11,13)(H,14,15)/q-1/b4-2-. The van der Waals surface area contributed by atoms with E-state index >= 15 is 0 Å². The Kier molecular flexibility index (Phi) is 7.64. The Morgan fingerprint density at radius 2 is 2.07 bits per heavy atom. The molecule has 0 aromatic rings. The van der Waals surface area contributed by atoms with E-state index in [0.29, 0.717) is 0 Å². The topological polar surface area (TPSA) is 95.5 Å². The van der Waals surface area contributed by atoms with Gasteiger partial charge in [-0.15, -0.1) is 0 Å². The van der Waals surface area contributed by atoms with Crippen LogP contribution in [0, 0.1) is 0 Å². The molecule has 0 atom stereocenters. The Labute approximate surface area is 107 Å². The van der Waals surface area contributed by atoms with E-state index < -0.39 is 29.4 Å². The number of halogens is 2. The monoisotopic (exact) mass is 439 g/mol. The molecule has 0 aliphatic carbocycles. The first kappa shape index (κ1) is 14.6. The summed E-state index contributed by atoms with van der Waals surface area (Å²) in [6.07, 6.45) is 0.624. The average Bonchev–Trinajstić information content (AvgIpc) is 2.16. The number of hydrogen-bond donors (Lipinski definition) is 3. The van der Waals surface area contributed by atoms with Crippen molar-refractivity contribution in [3.8, 4) is 0 Å². The van der Waals surface area contributed by atoms with Crippen LogP contribution in [0.5, 0.6) is 0 Å². The molecule has 0 aromatic carbocycles. The average molecular weight is 439 g/mol. The molecule has 3 N–H and O–H groups in total. The van der Waals surface area contributed by atoms with Gasteiger partial charge in [0.25, 0.3) is 0 Å². The second-order valence-corrected chi connectivity index (χ2v) is 6.04. The second kappa shape index (κ2) is 7.84. The molecule has 86 valence electrons. The number of nitrogens with one attached hydrogen (secondary N) is 2. The summed E-state index contributed by atoms with van der Waals surface area (Å²) in [6, 6.07) is 0. The van der Waals surface area contributed by atoms with Gasteiger partial charge in [-0.2, -0.15) is 0 Å². The number of hydrogen-bond acceptors (Lipinski definition) is 3. The van der Waals surface area contributed by atoms with Gasteiger partial charge in [-0.25, -0.2) is 0 Å². The number of amides is 2. The zero-order chi connectivity index (χ0) is 11.8. The summed E-state index contributed by atoms with van der Waals surface area (Å²) in [5.74, 6) is -2.18. The molecule has 0 aliphatic rings. The van der Waals surface area contributed by atoms with E-state index in [2.05, 4.69) is 8.85 Å². The molecule has 0 saturated carbocycles. The van der Waals surface area contributed by atoms with Crippen molar-refractivity contribution >= 4 is 36.4 Å². The van der Waals surface area contributed by atoms with Gasteiger partial charge in [-0.1, -0.05) is 0 Å². The van der Waals surface area contributed by atoms with E-state index in [0.717, 1.165) is 6.08 Å². The van der Waals surface area contributed by atoms with E-state index in [-0.39, 0.29) is 17.9 Å². The van der Waals surface area contributed by atoms with Crippen LogP contribution in [0.2, 0.25) is 0 Å². The van der Waals surface area contributed by atoms with Crippen LogP contribution in [-0.4, -0.2) is 29.9 Å². The zero-order valence-corrected chi connectivity index (χ0v) is 12.0. The van der Waals surface area contributed by atoms with Crippen LogP contribution >= 0.6 is 18.6 Å². The number of aliphatic carboxylic acids is 1. The SMILES string of the molecule is CNC(=O)/C=C(/CC(=O)N[I-]I)C(=O)O. The molecule has 0 rings (SSSR count). The van der Waals surface area contributed by atoms with Crippen molar-refractivity contribution in [2.24, 2.45) is 0 Å². The van der Waals surface area contributed by atoms with Gasteiger partial charge in [0.15, 0.2) is 0 Å². The number of rotatable bonds is 5. The van der Waals surface area contributed by atoms with Crippen molar-refractivity contribution in [2.45, 2.75) is 6.42 Å². The van der Waals surface area contributed by atoms with Gasteiger partial charge in [-0.05, 0) is 0 Å². The van der Waals surface area contributed by atoms with Crippen molar-refractivity contribution in [3.63, 3.8) is 0 Å². The van der Waals surface area contributed by atoms with Crippen LogP contribution in [0.15, 0.2) is 11.6 Å². The summed E-state index contributed by atoms with van der Waals surface area (Å²) >= 11 is 1.57. The summed E-state index contributed by atoms with van der Waals surface area (Å²) in [5, 5.41) is 11.0. The van der Waals surface area contributed by atoms with Gasteiger partial charge in [0.05, 0.1) is 0 Å². The Hall–Kier alpha value is -0.390. The van der Waals surface area contributed by atoms with Crippen molar-refractivity contribution < 1.29 is 37.0 Å². The van der Waals surface area contributed by atoms with E-state index in [9.17, 15) is 14.4 Å². The molecule has 0 radical (unpaired) electrons. The molecule has 0 fully saturated rings. The van der Waals surface area contributed by atoms with Crippen molar-refractivity contribution in [1.82, 2.24) is 8.85 Å². The summed E-state index contributed by atoms with van der Waals surface area (Å²) in [5.41, 5.74) is -0.222. The quantitative estimate of drug-likeness (QED) is 0.237. The molecule has 0 unspecified atom stereocenters. The van der Waals surface area contributed by atoms with Crippen LogP contribution in [0.4, 0.5) is 0 Å². The van der Waals surface area contributed by atoms with Crippen molar-refractivity contribution in [3.05, 3.63) is 11.6 Å². The predicted molar refractivity (Wildman–Crippen MR) is 56.6 cm³/mol. The van der Waals surface area contributed by atoms with Crippen LogP contribution in [0.25, 0.3) is 0 Å². The Morgan fingerprint density at radius 3 is 2.47 bits per heavy atom. The fourth-order valence-corrected chi connectivity index (χ4v) is 2.61. The van der Waals surface area contributed by atoms with Gasteiger partial charge in [0.1, 0.15) is 0 Å². The van der Waals surface area contributed by atoms with Gasteiger partial charge in [0, 0.05) is 0 Å². The van der Waals surface area contributed by atoms with Crippen LogP contribution in [0.3, 0.4) is 0 Å². The third-order valence-electron chi connectivity index (χ3n) is 1.32. The summed E-state index contributed by atoms with van der Waals surface area (Å²) in [7, 11) is 1.38. The maximum atomic E-state index is 11.1.